The Labute approximate surface area is 128 Å². The Morgan fingerprint density at radius 1 is 0.864 bits per heavy atom. The Hall–Kier alpha value is -2.61. The molecule has 0 fully saturated rings. The second kappa shape index (κ2) is 3.77. The number of H-pyrrole nitrogens is 1. The van der Waals surface area contributed by atoms with Crippen LogP contribution in [0.1, 0.15) is 25.0 Å². The van der Waals surface area contributed by atoms with Crippen LogP contribution in [-0.4, -0.2) is 9.97 Å². The monoisotopic (exact) mass is 284 g/mol. The third-order valence-electron chi connectivity index (χ3n) is 5.07. The largest absolute Gasteiger partial charge is 0.339 e. The molecule has 0 saturated carbocycles. The zero-order chi connectivity index (χ0) is 14.9. The van der Waals surface area contributed by atoms with Crippen LogP contribution in [0.25, 0.3) is 33.1 Å². The molecule has 0 atom stereocenters. The highest BCUT2D eigenvalue weighted by Gasteiger charge is 2.35. The summed E-state index contributed by atoms with van der Waals surface area (Å²) < 4.78 is 0. The molecule has 1 aliphatic carbocycles. The first-order chi connectivity index (χ1) is 10.7. The van der Waals surface area contributed by atoms with Gasteiger partial charge in [0, 0.05) is 27.9 Å². The van der Waals surface area contributed by atoms with E-state index in [1.54, 1.807) is 0 Å². The fraction of sp³-hybridized carbons (Fsp3) is 0.150. The van der Waals surface area contributed by atoms with Gasteiger partial charge in [-0.25, -0.2) is 4.98 Å². The van der Waals surface area contributed by atoms with E-state index in [9.17, 15) is 0 Å². The molecule has 22 heavy (non-hydrogen) atoms. The number of benzene rings is 2. The minimum Gasteiger partial charge on any atom is -0.339 e. The van der Waals surface area contributed by atoms with Gasteiger partial charge in [-0.15, -0.1) is 0 Å². The topological polar surface area (TPSA) is 28.7 Å². The van der Waals surface area contributed by atoms with Crippen molar-refractivity contribution in [1.82, 2.24) is 9.97 Å². The van der Waals surface area contributed by atoms with E-state index in [4.69, 9.17) is 0 Å². The molecule has 0 spiro atoms. The molecule has 0 radical (unpaired) electrons. The quantitative estimate of drug-likeness (QED) is 0.482. The van der Waals surface area contributed by atoms with Gasteiger partial charge >= 0.3 is 0 Å². The maximum Gasteiger partial charge on any atom is 0.138 e. The third-order valence-corrected chi connectivity index (χ3v) is 5.07. The molecule has 5 rings (SSSR count). The highest BCUT2D eigenvalue weighted by Crippen LogP contribution is 2.50. The van der Waals surface area contributed by atoms with Crippen molar-refractivity contribution >= 4 is 21.9 Å². The van der Waals surface area contributed by atoms with Crippen LogP contribution in [0.5, 0.6) is 0 Å². The number of aromatic amines is 1. The van der Waals surface area contributed by atoms with Gasteiger partial charge in [0.15, 0.2) is 0 Å². The SMILES string of the molecule is CC1(C)c2ccccc2-c2cc3c(cc21)[nH]c1ncccc13. The summed E-state index contributed by atoms with van der Waals surface area (Å²) in [5.74, 6) is 0. The Bertz CT molecular complexity index is 1050. The Morgan fingerprint density at radius 2 is 1.73 bits per heavy atom. The van der Waals surface area contributed by atoms with Gasteiger partial charge in [0.25, 0.3) is 0 Å². The van der Waals surface area contributed by atoms with Crippen LogP contribution >= 0.6 is 0 Å². The molecular weight excluding hydrogens is 268 g/mol. The van der Waals surface area contributed by atoms with Crippen molar-refractivity contribution in [2.75, 3.05) is 0 Å². The minimum absolute atomic E-state index is 0.0465. The number of rotatable bonds is 0. The molecule has 1 N–H and O–H groups in total. The zero-order valence-electron chi connectivity index (χ0n) is 12.6. The first-order valence-corrected chi connectivity index (χ1v) is 7.67. The van der Waals surface area contributed by atoms with Crippen LogP contribution in [0.2, 0.25) is 0 Å². The van der Waals surface area contributed by atoms with Crippen LogP contribution in [0, 0.1) is 0 Å². The summed E-state index contributed by atoms with van der Waals surface area (Å²) in [6.45, 7) is 4.62. The number of hydrogen-bond donors (Lipinski definition) is 1. The Kier molecular flexibility index (Phi) is 2.06. The number of pyridine rings is 1. The fourth-order valence-electron chi connectivity index (χ4n) is 3.92. The molecule has 1 aliphatic rings. The molecule has 0 saturated heterocycles. The minimum atomic E-state index is 0.0465. The third kappa shape index (κ3) is 1.32. The first-order valence-electron chi connectivity index (χ1n) is 7.67. The zero-order valence-corrected chi connectivity index (χ0v) is 12.6. The first kappa shape index (κ1) is 12.0. The van der Waals surface area contributed by atoms with Crippen LogP contribution in [0.15, 0.2) is 54.7 Å². The van der Waals surface area contributed by atoms with Gasteiger partial charge < -0.3 is 4.98 Å². The molecule has 0 aliphatic heterocycles. The fourth-order valence-corrected chi connectivity index (χ4v) is 3.92. The van der Waals surface area contributed by atoms with Gasteiger partial charge in [0.1, 0.15) is 5.65 Å². The summed E-state index contributed by atoms with van der Waals surface area (Å²) in [7, 11) is 0. The van der Waals surface area contributed by atoms with Crippen molar-refractivity contribution in [3.8, 4) is 11.1 Å². The standard InChI is InChI=1S/C20H16N2/c1-20(2)16-8-4-3-6-12(16)14-10-15-13-7-5-9-21-19(13)22-18(15)11-17(14)20/h3-11H,1-2H3,(H,21,22). The summed E-state index contributed by atoms with van der Waals surface area (Å²) in [6, 6.07) is 17.5. The highest BCUT2D eigenvalue weighted by atomic mass is 14.8. The van der Waals surface area contributed by atoms with E-state index in [1.807, 2.05) is 12.3 Å². The van der Waals surface area contributed by atoms with Gasteiger partial charge in [-0.1, -0.05) is 38.1 Å². The number of fused-ring (bicyclic) bond motifs is 6. The van der Waals surface area contributed by atoms with E-state index < -0.39 is 0 Å². The second-order valence-corrected chi connectivity index (χ2v) is 6.64. The maximum atomic E-state index is 4.45. The van der Waals surface area contributed by atoms with Crippen LogP contribution < -0.4 is 0 Å². The van der Waals surface area contributed by atoms with Crippen molar-refractivity contribution in [2.45, 2.75) is 19.3 Å². The smallest absolute Gasteiger partial charge is 0.138 e. The molecule has 2 aromatic carbocycles. The van der Waals surface area contributed by atoms with Crippen LogP contribution in [-0.2, 0) is 5.41 Å². The average molecular weight is 284 g/mol. The molecule has 2 heteroatoms. The lowest BCUT2D eigenvalue weighted by atomic mass is 9.82. The summed E-state index contributed by atoms with van der Waals surface area (Å²) in [4.78, 5) is 7.91. The van der Waals surface area contributed by atoms with Gasteiger partial charge in [0.2, 0.25) is 0 Å². The molecule has 0 unspecified atom stereocenters. The molecule has 106 valence electrons. The van der Waals surface area contributed by atoms with Gasteiger partial charge in [0.05, 0.1) is 0 Å². The highest BCUT2D eigenvalue weighted by molar-refractivity contribution is 6.08. The van der Waals surface area contributed by atoms with Gasteiger partial charge in [-0.2, -0.15) is 0 Å². The summed E-state index contributed by atoms with van der Waals surface area (Å²) in [5.41, 5.74) is 7.72. The molecule has 2 aromatic heterocycles. The van der Waals surface area contributed by atoms with E-state index >= 15 is 0 Å². The van der Waals surface area contributed by atoms with Crippen molar-refractivity contribution in [3.05, 3.63) is 65.9 Å². The van der Waals surface area contributed by atoms with Gasteiger partial charge in [-0.05, 0) is 46.5 Å². The van der Waals surface area contributed by atoms with Crippen molar-refractivity contribution in [1.29, 1.82) is 0 Å². The number of hydrogen-bond acceptors (Lipinski definition) is 1. The normalized spacial score (nSPS) is 15.2. The van der Waals surface area contributed by atoms with Crippen molar-refractivity contribution in [2.24, 2.45) is 0 Å². The Balaban J connectivity index is 1.95. The lowest BCUT2D eigenvalue weighted by Crippen LogP contribution is -2.14. The Morgan fingerprint density at radius 3 is 2.64 bits per heavy atom. The van der Waals surface area contributed by atoms with Crippen LogP contribution in [0.4, 0.5) is 0 Å². The predicted molar refractivity (Wildman–Crippen MR) is 91.2 cm³/mol. The number of nitrogens with zero attached hydrogens (tertiary/aromatic N) is 1. The van der Waals surface area contributed by atoms with E-state index in [-0.39, 0.29) is 5.41 Å². The predicted octanol–water partition coefficient (Wildman–Crippen LogP) is 5.02. The van der Waals surface area contributed by atoms with E-state index in [0.717, 1.165) is 5.65 Å². The average Bonchev–Trinajstić information content (AvgIpc) is 3.00. The lowest BCUT2D eigenvalue weighted by Gasteiger charge is -2.21. The molecular formula is C20H16N2. The summed E-state index contributed by atoms with van der Waals surface area (Å²) in [5, 5.41) is 2.46. The van der Waals surface area contributed by atoms with E-state index in [2.05, 4.69) is 66.3 Å². The van der Waals surface area contributed by atoms with Crippen LogP contribution in [0.3, 0.4) is 0 Å². The number of aromatic nitrogens is 2. The molecule has 2 heterocycles. The summed E-state index contributed by atoms with van der Waals surface area (Å²) >= 11 is 0. The molecule has 4 aromatic rings. The number of nitrogens with one attached hydrogen (secondary N) is 1. The van der Waals surface area contributed by atoms with Crippen molar-refractivity contribution < 1.29 is 0 Å². The van der Waals surface area contributed by atoms with Gasteiger partial charge in [-0.3, -0.25) is 0 Å². The van der Waals surface area contributed by atoms with E-state index in [0.29, 0.717) is 0 Å². The molecule has 0 bridgehead atoms. The van der Waals surface area contributed by atoms with E-state index in [1.165, 1.54) is 38.5 Å². The second-order valence-electron chi connectivity index (χ2n) is 6.64. The van der Waals surface area contributed by atoms with Crippen molar-refractivity contribution in [3.63, 3.8) is 0 Å². The molecule has 0 amide bonds. The summed E-state index contributed by atoms with van der Waals surface area (Å²) in [6.07, 6.45) is 1.84. The maximum absolute atomic E-state index is 4.45. The molecule has 2 nitrogen and oxygen atoms in total. The lowest BCUT2D eigenvalue weighted by molar-refractivity contribution is 0.661.